The first-order valence-corrected chi connectivity index (χ1v) is 32.9. The number of oxime groups is 1. The number of ether oxygens (including phenoxy) is 7. The van der Waals surface area contributed by atoms with E-state index in [0.29, 0.717) is 80.4 Å². The minimum Gasteiger partial charge on any atom is -0.497 e. The number of rotatable bonds is 24. The largest absolute Gasteiger partial charge is 0.497 e. The number of aromatic nitrogens is 3. The maximum Gasteiger partial charge on any atom is 0.413 e. The highest BCUT2D eigenvalue weighted by Gasteiger charge is 2.56. The molecule has 0 unspecified atom stereocenters. The van der Waals surface area contributed by atoms with Gasteiger partial charge in [-0.1, -0.05) is 90.1 Å². The Morgan fingerprint density at radius 2 is 1.32 bits per heavy atom. The van der Waals surface area contributed by atoms with Crippen LogP contribution in [-0.4, -0.2) is 128 Å². The smallest absolute Gasteiger partial charge is 0.413 e. The molecule has 0 aliphatic carbocycles. The van der Waals surface area contributed by atoms with Crippen LogP contribution < -0.4 is 35.0 Å². The third kappa shape index (κ3) is 16.0. The van der Waals surface area contributed by atoms with Crippen LogP contribution >= 0.6 is 23.1 Å². The topological polar surface area (TPSA) is 247 Å². The summed E-state index contributed by atoms with van der Waals surface area (Å²) in [5, 5.41) is 15.7. The number of methoxy groups -OCH3 is 2. The molecular formula is C70H79N8O14S2+. The van der Waals surface area contributed by atoms with Gasteiger partial charge in [0.1, 0.15) is 71.8 Å². The number of carbonyl (C=O) groups is 5. The van der Waals surface area contributed by atoms with Crippen molar-refractivity contribution in [3.05, 3.63) is 182 Å². The summed E-state index contributed by atoms with van der Waals surface area (Å²) in [6, 6.07) is 36.0. The molecule has 94 heavy (non-hydrogen) atoms. The van der Waals surface area contributed by atoms with Crippen molar-refractivity contribution in [2.45, 2.75) is 136 Å². The molecule has 2 fully saturated rings. The van der Waals surface area contributed by atoms with Gasteiger partial charge in [0.15, 0.2) is 34.1 Å². The maximum absolute atomic E-state index is 15.5. The number of carbonyl (C=O) groups excluding carboxylic acids is 5. The number of esters is 2. The lowest BCUT2D eigenvalue weighted by atomic mass is 10.00. The second kappa shape index (κ2) is 28.5. The number of thioether (sulfide) groups is 1. The minimum absolute atomic E-state index is 0.0347. The maximum atomic E-state index is 15.5. The summed E-state index contributed by atoms with van der Waals surface area (Å²) < 4.78 is 43.5. The van der Waals surface area contributed by atoms with Crippen LogP contribution in [0.4, 0.5) is 9.93 Å². The Labute approximate surface area is 554 Å². The normalized spacial score (nSPS) is 16.4. The molecule has 3 amide bonds. The number of thiazole rings is 1. The molecule has 0 spiro atoms. The molecule has 2 N–H and O–H groups in total. The van der Waals surface area contributed by atoms with Crippen LogP contribution in [0.1, 0.15) is 115 Å². The van der Waals surface area contributed by atoms with Gasteiger partial charge in [-0.3, -0.25) is 29.3 Å². The van der Waals surface area contributed by atoms with Crippen LogP contribution in [0.15, 0.2) is 148 Å². The van der Waals surface area contributed by atoms with E-state index in [2.05, 4.69) is 20.8 Å². The average Bonchev–Trinajstić information content (AvgIpc) is 0.807. The van der Waals surface area contributed by atoms with Gasteiger partial charge in [-0.2, -0.15) is 5.10 Å². The van der Waals surface area contributed by atoms with E-state index in [1.165, 1.54) is 35.9 Å². The lowest BCUT2D eigenvalue weighted by molar-refractivity contribution is -0.925. The molecular weight excluding hydrogens is 1240 g/mol. The number of aryl methyl sites for hydroxylation is 1. The Morgan fingerprint density at radius 3 is 1.87 bits per heavy atom. The van der Waals surface area contributed by atoms with Gasteiger partial charge in [0, 0.05) is 42.2 Å². The van der Waals surface area contributed by atoms with Crippen molar-refractivity contribution >= 4 is 74.7 Å². The molecule has 22 nitrogen and oxygen atoms in total. The molecule has 24 heteroatoms. The van der Waals surface area contributed by atoms with Crippen LogP contribution in [0.2, 0.25) is 0 Å². The number of benzene rings is 5. The Balaban J connectivity index is 0.992. The molecule has 2 saturated heterocycles. The van der Waals surface area contributed by atoms with E-state index in [0.717, 1.165) is 35.3 Å². The quantitative estimate of drug-likeness (QED) is 0.0143. The predicted molar refractivity (Wildman–Crippen MR) is 357 cm³/mol. The fourth-order valence-electron chi connectivity index (χ4n) is 11.2. The molecule has 3 aliphatic rings. The Morgan fingerprint density at radius 1 is 0.745 bits per heavy atom. The van der Waals surface area contributed by atoms with Gasteiger partial charge in [0.25, 0.3) is 11.8 Å². The van der Waals surface area contributed by atoms with Crippen LogP contribution in [0.5, 0.6) is 23.0 Å². The van der Waals surface area contributed by atoms with Gasteiger partial charge in [0.2, 0.25) is 11.0 Å². The second-order valence-corrected chi connectivity index (χ2v) is 27.6. The summed E-state index contributed by atoms with van der Waals surface area (Å²) >= 11 is 2.33. The molecule has 0 radical (unpaired) electrons. The molecule has 7 aromatic rings. The monoisotopic (exact) mass is 1320 g/mol. The lowest BCUT2D eigenvalue weighted by Gasteiger charge is -2.50. The van der Waals surface area contributed by atoms with E-state index in [-0.39, 0.29) is 54.0 Å². The van der Waals surface area contributed by atoms with Gasteiger partial charge in [-0.05, 0) is 115 Å². The SMILES string of the molecule is CCn1nc(C[N+]2(CC3=C(C(=O)OC(c4ccccc4)c4ccccc4)N4C(=O)[C@@H](NC(=O)/C(=N\OC(C)(C)C(=O)OC(C)(C)C)c5csc(NC(=O)OC(C)(C)C)n5)[C@H]4SC3)CCCC2)c(=O)c2cc(OCc3ccc(OC)cc3)c(OCc3ccc(OC)cc3)cc21. The van der Waals surface area contributed by atoms with Crippen molar-refractivity contribution in [1.29, 1.82) is 0 Å². The number of hydrogen-bond donors (Lipinski definition) is 2. The number of β-lactam (4-membered cyclic amide) rings is 1. The molecule has 5 heterocycles. The number of quaternary nitrogens is 1. The van der Waals surface area contributed by atoms with Crippen molar-refractivity contribution in [2.24, 2.45) is 5.16 Å². The van der Waals surface area contributed by atoms with Crippen LogP contribution in [-0.2, 0) is 64.5 Å². The predicted octanol–water partition coefficient (Wildman–Crippen LogP) is 11.0. The molecule has 2 aromatic heterocycles. The molecule has 10 rings (SSSR count). The van der Waals surface area contributed by atoms with E-state index in [1.807, 2.05) is 116 Å². The van der Waals surface area contributed by atoms with Gasteiger partial charge in [-0.25, -0.2) is 19.4 Å². The highest BCUT2D eigenvalue weighted by atomic mass is 32.2. The number of nitrogens with zero attached hydrogens (tertiary/aromatic N) is 6. The van der Waals surface area contributed by atoms with Crippen molar-refractivity contribution < 1.29 is 66.5 Å². The molecule has 494 valence electrons. The summed E-state index contributed by atoms with van der Waals surface area (Å²) in [6.45, 7) is 17.5. The minimum atomic E-state index is -1.72. The molecule has 3 aliphatic heterocycles. The van der Waals surface area contributed by atoms with Crippen molar-refractivity contribution in [3.63, 3.8) is 0 Å². The van der Waals surface area contributed by atoms with Crippen molar-refractivity contribution in [3.8, 4) is 23.0 Å². The third-order valence-electron chi connectivity index (χ3n) is 15.8. The molecule has 0 bridgehead atoms. The van der Waals surface area contributed by atoms with Crippen LogP contribution in [0.3, 0.4) is 0 Å². The first kappa shape index (κ1) is 67.6. The number of nitrogens with one attached hydrogen (secondary N) is 2. The summed E-state index contributed by atoms with van der Waals surface area (Å²) in [4.78, 5) is 98.4. The summed E-state index contributed by atoms with van der Waals surface area (Å²) in [7, 11) is 3.22. The summed E-state index contributed by atoms with van der Waals surface area (Å²) in [6.07, 6.45) is -0.0431. The van der Waals surface area contributed by atoms with E-state index >= 15 is 14.4 Å². The van der Waals surface area contributed by atoms with Gasteiger partial charge < -0.3 is 47.8 Å². The Hall–Kier alpha value is -9.26. The lowest BCUT2D eigenvalue weighted by Crippen LogP contribution is -2.71. The molecule has 0 saturated carbocycles. The Kier molecular flexibility index (Phi) is 20.5. The van der Waals surface area contributed by atoms with Gasteiger partial charge in [0.05, 0.1) is 38.2 Å². The van der Waals surface area contributed by atoms with Gasteiger partial charge >= 0.3 is 18.0 Å². The Bertz CT molecular complexity index is 4000. The first-order valence-electron chi connectivity index (χ1n) is 31.0. The van der Waals surface area contributed by atoms with Gasteiger partial charge in [-0.15, -0.1) is 23.1 Å². The molecule has 5 aromatic carbocycles. The zero-order chi connectivity index (χ0) is 67.1. The van der Waals surface area contributed by atoms with E-state index in [9.17, 15) is 14.4 Å². The highest BCUT2D eigenvalue weighted by molar-refractivity contribution is 8.00. The number of amides is 3. The zero-order valence-corrected chi connectivity index (χ0v) is 56.3. The van der Waals surface area contributed by atoms with E-state index in [4.69, 9.17) is 43.1 Å². The summed E-state index contributed by atoms with van der Waals surface area (Å²) in [5.74, 6) is -0.623. The number of likely N-dealkylation sites (tertiary alicyclic amines) is 1. The van der Waals surface area contributed by atoms with E-state index in [1.54, 1.807) is 72.6 Å². The first-order chi connectivity index (χ1) is 44.8. The van der Waals surface area contributed by atoms with Crippen molar-refractivity contribution in [1.82, 2.24) is 25.0 Å². The number of anilines is 1. The average molecular weight is 1320 g/mol. The van der Waals surface area contributed by atoms with E-state index < -0.39 is 69.9 Å². The number of fused-ring (bicyclic) bond motifs is 2. The zero-order valence-electron chi connectivity index (χ0n) is 54.6. The van der Waals surface area contributed by atoms with Crippen LogP contribution in [0.25, 0.3) is 10.9 Å². The highest BCUT2D eigenvalue weighted by Crippen LogP contribution is 2.44. The molecule has 2 atom stereocenters. The number of hydrogen-bond acceptors (Lipinski definition) is 19. The fourth-order valence-corrected chi connectivity index (χ4v) is 13.2. The van der Waals surface area contributed by atoms with Crippen LogP contribution in [0, 0.1) is 0 Å². The fraction of sp³-hybridized carbons (Fsp3) is 0.386. The summed E-state index contributed by atoms with van der Waals surface area (Å²) in [5.41, 5.74) is 0.473. The standard InChI is InChI=1S/C70H78N8O14S2/c1-12-76-53-36-55(88-40-44-27-31-49(86-11)32-28-44)54(87-39-43-25-29-48(85-10)30-26-43)35-50(53)59(79)51(74-76)38-78(33-19-20-34-78)37-47-41-93-63-57(62(81)77(63)58(47)64(82)89-60(45-21-15-13-16-22-45)46-23-17-14-18-24-46)72-61(80)56(75-92-70(8,9)65(83)90-68(2,3)4)52-42-94-66(71-52)73-67(84)91-69(5,6)7/h13-18,21-32,35-36,42,57,60,63H,12,19-20,33-34,37-41H2,1-11H3,(H-,71,72,73,80,84)/p+1/b75-56-/t57-,63-/m1/s1. The second-order valence-electron chi connectivity index (χ2n) is 25.6. The third-order valence-corrected chi connectivity index (χ3v) is 17.9. The van der Waals surface area contributed by atoms with Crippen molar-refractivity contribution in [2.75, 3.05) is 44.9 Å².